The van der Waals surface area contributed by atoms with E-state index in [4.69, 9.17) is 5.11 Å². The van der Waals surface area contributed by atoms with Crippen LogP contribution in [0.5, 0.6) is 0 Å². The Balaban J connectivity index is 2.70. The van der Waals surface area contributed by atoms with E-state index in [9.17, 15) is 31.1 Å². The largest absolute Gasteiger partial charge is 0.478 e. The number of aliphatic carboxylic acids is 1. The van der Waals surface area contributed by atoms with Crippen molar-refractivity contribution in [2.45, 2.75) is 12.4 Å². The first kappa shape index (κ1) is 18.6. The zero-order chi connectivity index (χ0) is 18.8. The summed E-state index contributed by atoms with van der Waals surface area (Å²) in [6, 6.07) is 6.56. The van der Waals surface area contributed by atoms with E-state index in [2.05, 4.69) is 0 Å². The molecule has 0 heterocycles. The lowest BCUT2D eigenvalue weighted by Gasteiger charge is -2.15. The van der Waals surface area contributed by atoms with Crippen molar-refractivity contribution in [2.24, 2.45) is 0 Å². The van der Waals surface area contributed by atoms with Gasteiger partial charge in [0.1, 0.15) is 0 Å². The lowest BCUT2D eigenvalue weighted by molar-refractivity contribution is -0.137. The number of hydrogen-bond donors (Lipinski definition) is 1. The standard InChI is InChI=1S/C17H10F6O2/c18-16(19,20)12-8-10(5-6-15(24)25)7-11(9-12)13-3-1-2-4-14(13)17(21,22)23/h1-9H,(H,24,25)/b6-5+. The average Bonchev–Trinajstić information content (AvgIpc) is 2.51. The average molecular weight is 360 g/mol. The van der Waals surface area contributed by atoms with Gasteiger partial charge < -0.3 is 5.11 Å². The molecular weight excluding hydrogens is 350 g/mol. The molecule has 2 nitrogen and oxygen atoms in total. The maximum Gasteiger partial charge on any atom is 0.417 e. The van der Waals surface area contributed by atoms with Gasteiger partial charge in [0, 0.05) is 6.08 Å². The van der Waals surface area contributed by atoms with Crippen molar-refractivity contribution in [1.82, 2.24) is 0 Å². The van der Waals surface area contributed by atoms with Crippen LogP contribution < -0.4 is 0 Å². The van der Waals surface area contributed by atoms with Crippen molar-refractivity contribution in [1.29, 1.82) is 0 Å². The van der Waals surface area contributed by atoms with Crippen LogP contribution in [0, 0.1) is 0 Å². The van der Waals surface area contributed by atoms with Crippen LogP contribution in [0.3, 0.4) is 0 Å². The van der Waals surface area contributed by atoms with Crippen molar-refractivity contribution >= 4 is 12.0 Å². The van der Waals surface area contributed by atoms with Crippen LogP contribution in [-0.2, 0) is 17.1 Å². The van der Waals surface area contributed by atoms with Crippen LogP contribution in [0.4, 0.5) is 26.3 Å². The van der Waals surface area contributed by atoms with Gasteiger partial charge in [-0.05, 0) is 47.0 Å². The lowest BCUT2D eigenvalue weighted by atomic mass is 9.95. The summed E-state index contributed by atoms with van der Waals surface area (Å²) in [7, 11) is 0. The number of carboxylic acid groups (broad SMARTS) is 1. The molecule has 0 aromatic heterocycles. The van der Waals surface area contributed by atoms with Gasteiger partial charge in [0.25, 0.3) is 0 Å². The molecule has 0 bridgehead atoms. The molecule has 0 saturated heterocycles. The van der Waals surface area contributed by atoms with Crippen LogP contribution in [0.15, 0.2) is 48.5 Å². The van der Waals surface area contributed by atoms with Crippen molar-refractivity contribution < 1.29 is 36.2 Å². The van der Waals surface area contributed by atoms with Gasteiger partial charge in [0.15, 0.2) is 0 Å². The summed E-state index contributed by atoms with van der Waals surface area (Å²) in [6.07, 6.45) is -8.05. The van der Waals surface area contributed by atoms with Crippen LogP contribution in [0.2, 0.25) is 0 Å². The molecule has 25 heavy (non-hydrogen) atoms. The van der Waals surface area contributed by atoms with E-state index in [1.54, 1.807) is 0 Å². The minimum absolute atomic E-state index is 0.177. The van der Waals surface area contributed by atoms with Gasteiger partial charge in [-0.2, -0.15) is 26.3 Å². The monoisotopic (exact) mass is 360 g/mol. The molecule has 0 amide bonds. The first-order valence-electron chi connectivity index (χ1n) is 6.78. The maximum absolute atomic E-state index is 13.1. The molecule has 0 radical (unpaired) electrons. The number of benzene rings is 2. The predicted molar refractivity (Wildman–Crippen MR) is 78.6 cm³/mol. The summed E-state index contributed by atoms with van der Waals surface area (Å²) in [5.41, 5.74) is -3.17. The molecule has 0 spiro atoms. The third-order valence-corrected chi connectivity index (χ3v) is 3.24. The molecule has 0 unspecified atom stereocenters. The Morgan fingerprint density at radius 1 is 0.920 bits per heavy atom. The van der Waals surface area contributed by atoms with Gasteiger partial charge in [-0.3, -0.25) is 0 Å². The highest BCUT2D eigenvalue weighted by Crippen LogP contribution is 2.39. The number of alkyl halides is 6. The van der Waals surface area contributed by atoms with Gasteiger partial charge >= 0.3 is 18.3 Å². The molecule has 1 N–H and O–H groups in total. The van der Waals surface area contributed by atoms with E-state index >= 15 is 0 Å². The number of halogens is 6. The van der Waals surface area contributed by atoms with Crippen molar-refractivity contribution in [3.05, 3.63) is 65.2 Å². The van der Waals surface area contributed by atoms with Crippen molar-refractivity contribution in [3.63, 3.8) is 0 Å². The van der Waals surface area contributed by atoms with E-state index in [1.807, 2.05) is 0 Å². The Morgan fingerprint density at radius 2 is 1.56 bits per heavy atom. The fraction of sp³-hybridized carbons (Fsp3) is 0.118. The minimum atomic E-state index is -4.80. The fourth-order valence-corrected chi connectivity index (χ4v) is 2.22. The first-order chi connectivity index (χ1) is 11.5. The third-order valence-electron chi connectivity index (χ3n) is 3.24. The Labute approximate surface area is 138 Å². The van der Waals surface area contributed by atoms with E-state index < -0.39 is 35.0 Å². The Hall–Kier alpha value is -2.77. The molecule has 0 aliphatic carbocycles. The number of rotatable bonds is 3. The van der Waals surface area contributed by atoms with Crippen LogP contribution in [0.25, 0.3) is 17.2 Å². The topological polar surface area (TPSA) is 37.3 Å². The molecule has 0 saturated carbocycles. The van der Waals surface area contributed by atoms with Gasteiger partial charge in [0.2, 0.25) is 0 Å². The van der Waals surface area contributed by atoms with Gasteiger partial charge in [-0.25, -0.2) is 4.79 Å². The van der Waals surface area contributed by atoms with Crippen LogP contribution in [0.1, 0.15) is 16.7 Å². The predicted octanol–water partition coefficient (Wildman–Crippen LogP) is 5.49. The number of carboxylic acids is 1. The molecule has 132 valence electrons. The summed E-state index contributed by atoms with van der Waals surface area (Å²) in [6.45, 7) is 0. The zero-order valence-electron chi connectivity index (χ0n) is 12.3. The van der Waals surface area contributed by atoms with E-state index in [0.717, 1.165) is 30.3 Å². The highest BCUT2D eigenvalue weighted by Gasteiger charge is 2.35. The highest BCUT2D eigenvalue weighted by atomic mass is 19.4. The maximum atomic E-state index is 13.1. The Bertz CT molecular complexity index is 819. The van der Waals surface area contributed by atoms with Gasteiger partial charge in [-0.1, -0.05) is 18.2 Å². The smallest absolute Gasteiger partial charge is 0.417 e. The van der Waals surface area contributed by atoms with Crippen molar-refractivity contribution in [2.75, 3.05) is 0 Å². The van der Waals surface area contributed by atoms with Gasteiger partial charge in [0.05, 0.1) is 11.1 Å². The second kappa shape index (κ2) is 6.62. The molecule has 0 atom stereocenters. The summed E-state index contributed by atoms with van der Waals surface area (Å²) in [4.78, 5) is 10.5. The molecule has 0 aliphatic rings. The zero-order valence-corrected chi connectivity index (χ0v) is 12.3. The van der Waals surface area contributed by atoms with Crippen molar-refractivity contribution in [3.8, 4) is 11.1 Å². The molecule has 2 aromatic carbocycles. The molecule has 0 fully saturated rings. The summed E-state index contributed by atoms with van der Waals surface area (Å²) < 4.78 is 78.4. The quantitative estimate of drug-likeness (QED) is 0.581. The summed E-state index contributed by atoms with van der Waals surface area (Å²) >= 11 is 0. The highest BCUT2D eigenvalue weighted by molar-refractivity contribution is 5.86. The summed E-state index contributed by atoms with van der Waals surface area (Å²) in [5, 5.41) is 8.58. The van der Waals surface area contributed by atoms with Crippen LogP contribution in [-0.4, -0.2) is 11.1 Å². The van der Waals surface area contributed by atoms with E-state index in [-0.39, 0.29) is 11.1 Å². The van der Waals surface area contributed by atoms with E-state index in [1.165, 1.54) is 6.07 Å². The second-order valence-corrected chi connectivity index (χ2v) is 5.06. The normalized spacial score (nSPS) is 12.6. The molecular formula is C17H10F6O2. The molecule has 2 aromatic rings. The van der Waals surface area contributed by atoms with Crippen LogP contribution >= 0.6 is 0 Å². The minimum Gasteiger partial charge on any atom is -0.478 e. The molecule has 8 heteroatoms. The molecule has 0 aliphatic heterocycles. The number of carbonyl (C=O) groups is 1. The third kappa shape index (κ3) is 4.62. The van der Waals surface area contributed by atoms with Gasteiger partial charge in [-0.15, -0.1) is 0 Å². The molecule has 2 rings (SSSR count). The van der Waals surface area contributed by atoms with E-state index in [0.29, 0.717) is 18.2 Å². The first-order valence-corrected chi connectivity index (χ1v) is 6.78. The second-order valence-electron chi connectivity index (χ2n) is 5.06. The Kier molecular flexibility index (Phi) is 4.92. The summed E-state index contributed by atoms with van der Waals surface area (Å²) in [5.74, 6) is -1.39. The Morgan fingerprint density at radius 3 is 2.12 bits per heavy atom. The fourth-order valence-electron chi connectivity index (χ4n) is 2.22. The SMILES string of the molecule is O=C(O)/C=C/c1cc(-c2ccccc2C(F)(F)F)cc(C(F)(F)F)c1. The number of hydrogen-bond acceptors (Lipinski definition) is 1. The lowest BCUT2D eigenvalue weighted by Crippen LogP contribution is -2.08.